The Morgan fingerprint density at radius 2 is 1.95 bits per heavy atom. The summed E-state index contributed by atoms with van der Waals surface area (Å²) < 4.78 is 12.9. The maximum atomic E-state index is 12.9. The van der Waals surface area contributed by atoms with Gasteiger partial charge in [-0.25, -0.2) is 14.4 Å². The SMILES string of the molecule is CC(C)NC(=O)c1cnc(-c2ccc(F)cc2)nc1N. The van der Waals surface area contributed by atoms with Crippen molar-refractivity contribution < 1.29 is 9.18 Å². The van der Waals surface area contributed by atoms with E-state index in [1.807, 2.05) is 13.8 Å². The molecule has 0 spiro atoms. The first kappa shape index (κ1) is 13.9. The molecule has 1 heterocycles. The molecule has 0 atom stereocenters. The normalized spacial score (nSPS) is 10.6. The van der Waals surface area contributed by atoms with E-state index in [0.717, 1.165) is 0 Å². The molecule has 1 aromatic carbocycles. The maximum absolute atomic E-state index is 12.9. The van der Waals surface area contributed by atoms with Crippen molar-refractivity contribution in [3.8, 4) is 11.4 Å². The monoisotopic (exact) mass is 274 g/mol. The summed E-state index contributed by atoms with van der Waals surface area (Å²) in [4.78, 5) is 20.0. The average molecular weight is 274 g/mol. The Balaban J connectivity index is 2.30. The van der Waals surface area contributed by atoms with Crippen LogP contribution < -0.4 is 11.1 Å². The predicted molar refractivity (Wildman–Crippen MR) is 74.4 cm³/mol. The molecule has 0 aliphatic heterocycles. The molecule has 104 valence electrons. The molecule has 2 aromatic rings. The summed E-state index contributed by atoms with van der Waals surface area (Å²) in [6, 6.07) is 5.73. The number of amides is 1. The van der Waals surface area contributed by atoms with Crippen LogP contribution in [0.1, 0.15) is 24.2 Å². The van der Waals surface area contributed by atoms with Gasteiger partial charge in [0.05, 0.1) is 5.56 Å². The molecule has 0 fully saturated rings. The fourth-order valence-electron chi connectivity index (χ4n) is 1.65. The van der Waals surface area contributed by atoms with Gasteiger partial charge in [-0.15, -0.1) is 0 Å². The number of hydrogen-bond acceptors (Lipinski definition) is 4. The van der Waals surface area contributed by atoms with Crippen LogP contribution >= 0.6 is 0 Å². The number of aromatic nitrogens is 2. The van der Waals surface area contributed by atoms with E-state index in [1.165, 1.54) is 18.3 Å². The lowest BCUT2D eigenvalue weighted by atomic mass is 10.2. The minimum atomic E-state index is -0.338. The number of carbonyl (C=O) groups is 1. The van der Waals surface area contributed by atoms with Gasteiger partial charge in [0.25, 0.3) is 5.91 Å². The largest absolute Gasteiger partial charge is 0.383 e. The van der Waals surface area contributed by atoms with Crippen molar-refractivity contribution in [1.29, 1.82) is 0 Å². The van der Waals surface area contributed by atoms with Gasteiger partial charge in [0.15, 0.2) is 5.82 Å². The first-order valence-corrected chi connectivity index (χ1v) is 6.16. The molecular weight excluding hydrogens is 259 g/mol. The summed E-state index contributed by atoms with van der Waals surface area (Å²) in [6.07, 6.45) is 1.37. The van der Waals surface area contributed by atoms with E-state index in [2.05, 4.69) is 15.3 Å². The molecular formula is C14H15FN4O. The number of nitrogens with one attached hydrogen (secondary N) is 1. The van der Waals surface area contributed by atoms with E-state index in [-0.39, 0.29) is 29.1 Å². The van der Waals surface area contributed by atoms with Crippen LogP contribution in [0.25, 0.3) is 11.4 Å². The number of nitrogen functional groups attached to an aromatic ring is 1. The van der Waals surface area contributed by atoms with Crippen LogP contribution in [0.15, 0.2) is 30.5 Å². The third kappa shape index (κ3) is 3.09. The minimum Gasteiger partial charge on any atom is -0.383 e. The lowest BCUT2D eigenvalue weighted by Gasteiger charge is -2.10. The van der Waals surface area contributed by atoms with Crippen LogP contribution in [0.4, 0.5) is 10.2 Å². The van der Waals surface area contributed by atoms with Gasteiger partial charge in [0.1, 0.15) is 11.6 Å². The number of nitrogens with two attached hydrogens (primary N) is 1. The van der Waals surface area contributed by atoms with E-state index >= 15 is 0 Å². The van der Waals surface area contributed by atoms with E-state index in [1.54, 1.807) is 12.1 Å². The summed E-state index contributed by atoms with van der Waals surface area (Å²) >= 11 is 0. The molecule has 1 aromatic heterocycles. The van der Waals surface area contributed by atoms with E-state index in [4.69, 9.17) is 5.73 Å². The van der Waals surface area contributed by atoms with Gasteiger partial charge >= 0.3 is 0 Å². The van der Waals surface area contributed by atoms with Gasteiger partial charge in [0.2, 0.25) is 0 Å². The number of hydrogen-bond donors (Lipinski definition) is 2. The number of benzene rings is 1. The Labute approximate surface area is 116 Å². The predicted octanol–water partition coefficient (Wildman–Crippen LogP) is 2.00. The molecule has 0 aliphatic carbocycles. The summed E-state index contributed by atoms with van der Waals surface area (Å²) in [6.45, 7) is 3.70. The standard InChI is InChI=1S/C14H15FN4O/c1-8(2)18-14(20)11-7-17-13(19-12(11)16)9-3-5-10(15)6-4-9/h3-8H,1-2H3,(H,18,20)(H2,16,17,19). The molecule has 6 heteroatoms. The zero-order valence-corrected chi connectivity index (χ0v) is 11.2. The Bertz CT molecular complexity index is 626. The van der Waals surface area contributed by atoms with Gasteiger partial charge in [-0.2, -0.15) is 0 Å². The van der Waals surface area contributed by atoms with Crippen molar-refractivity contribution in [2.24, 2.45) is 0 Å². The van der Waals surface area contributed by atoms with Crippen LogP contribution in [-0.2, 0) is 0 Å². The summed E-state index contributed by atoms with van der Waals surface area (Å²) in [5.74, 6) is -0.209. The first-order valence-electron chi connectivity index (χ1n) is 6.16. The van der Waals surface area contributed by atoms with Crippen LogP contribution in [-0.4, -0.2) is 21.9 Å². The van der Waals surface area contributed by atoms with Crippen molar-refractivity contribution in [2.75, 3.05) is 5.73 Å². The van der Waals surface area contributed by atoms with Crippen molar-refractivity contribution in [1.82, 2.24) is 15.3 Å². The third-order valence-electron chi connectivity index (χ3n) is 2.59. The second kappa shape index (κ2) is 5.64. The molecule has 3 N–H and O–H groups in total. The quantitative estimate of drug-likeness (QED) is 0.897. The molecule has 0 aliphatic rings. The highest BCUT2D eigenvalue weighted by Crippen LogP contribution is 2.18. The van der Waals surface area contributed by atoms with Gasteiger partial charge in [0, 0.05) is 17.8 Å². The Morgan fingerprint density at radius 1 is 1.30 bits per heavy atom. The average Bonchev–Trinajstić information content (AvgIpc) is 2.38. The maximum Gasteiger partial charge on any atom is 0.256 e. The molecule has 5 nitrogen and oxygen atoms in total. The topological polar surface area (TPSA) is 80.9 Å². The lowest BCUT2D eigenvalue weighted by Crippen LogP contribution is -2.31. The minimum absolute atomic E-state index is 0.00123. The number of nitrogens with zero attached hydrogens (tertiary/aromatic N) is 2. The van der Waals surface area contributed by atoms with Crippen LogP contribution in [0.3, 0.4) is 0 Å². The summed E-state index contributed by atoms with van der Waals surface area (Å²) in [7, 11) is 0. The number of anilines is 1. The molecule has 0 bridgehead atoms. The van der Waals surface area contributed by atoms with Gasteiger partial charge in [-0.3, -0.25) is 4.79 Å². The molecule has 0 saturated carbocycles. The second-order valence-corrected chi connectivity index (χ2v) is 4.63. The Hall–Kier alpha value is -2.50. The highest BCUT2D eigenvalue weighted by molar-refractivity contribution is 5.98. The van der Waals surface area contributed by atoms with Crippen molar-refractivity contribution in [2.45, 2.75) is 19.9 Å². The van der Waals surface area contributed by atoms with Crippen molar-refractivity contribution >= 4 is 11.7 Å². The number of halogens is 1. The fourth-order valence-corrected chi connectivity index (χ4v) is 1.65. The highest BCUT2D eigenvalue weighted by atomic mass is 19.1. The summed E-state index contributed by atoms with van der Waals surface area (Å²) in [5.41, 5.74) is 6.64. The van der Waals surface area contributed by atoms with E-state index in [9.17, 15) is 9.18 Å². The first-order chi connectivity index (χ1) is 9.47. The number of rotatable bonds is 3. The Kier molecular flexibility index (Phi) is 3.93. The molecule has 20 heavy (non-hydrogen) atoms. The van der Waals surface area contributed by atoms with E-state index < -0.39 is 0 Å². The number of carbonyl (C=O) groups excluding carboxylic acids is 1. The Morgan fingerprint density at radius 3 is 2.50 bits per heavy atom. The van der Waals surface area contributed by atoms with E-state index in [0.29, 0.717) is 11.4 Å². The fraction of sp³-hybridized carbons (Fsp3) is 0.214. The molecule has 0 unspecified atom stereocenters. The zero-order valence-electron chi connectivity index (χ0n) is 11.2. The van der Waals surface area contributed by atoms with Crippen molar-refractivity contribution in [3.63, 3.8) is 0 Å². The van der Waals surface area contributed by atoms with Gasteiger partial charge < -0.3 is 11.1 Å². The molecule has 2 rings (SSSR count). The molecule has 0 radical (unpaired) electrons. The van der Waals surface area contributed by atoms with Gasteiger partial charge in [-0.05, 0) is 38.1 Å². The summed E-state index contributed by atoms with van der Waals surface area (Å²) in [5, 5.41) is 2.72. The van der Waals surface area contributed by atoms with Crippen LogP contribution in [0.2, 0.25) is 0 Å². The lowest BCUT2D eigenvalue weighted by molar-refractivity contribution is 0.0943. The highest BCUT2D eigenvalue weighted by Gasteiger charge is 2.14. The van der Waals surface area contributed by atoms with Crippen molar-refractivity contribution in [3.05, 3.63) is 41.8 Å². The molecule has 1 amide bonds. The third-order valence-corrected chi connectivity index (χ3v) is 2.59. The van der Waals surface area contributed by atoms with Gasteiger partial charge in [-0.1, -0.05) is 0 Å². The zero-order chi connectivity index (χ0) is 14.7. The van der Waals surface area contributed by atoms with Crippen LogP contribution in [0.5, 0.6) is 0 Å². The molecule has 0 saturated heterocycles. The van der Waals surface area contributed by atoms with Crippen LogP contribution in [0, 0.1) is 5.82 Å². The second-order valence-electron chi connectivity index (χ2n) is 4.63. The smallest absolute Gasteiger partial charge is 0.256 e.